The SMILES string of the molecule is Cc1cc(C(C)(C)C)ccc1-c1cc([Si](C)(C)C)c(C(C)(C)C)c[n+]1C.Cc1ccc(C(C)C)cc1-c1cc([Si](C)(C)C)c(CC(C)C)c[n+]1C.Cc1ccc(C)c(-c2cc([Si](C)(C)C)c(CC(C)C)c[n+]2C)c1.Cc1ccc(CC(C)C)cc1-c1cc([Si](C)(C)C)c(CC(C)C)c[n+]1C. The van der Waals surface area contributed by atoms with Gasteiger partial charge in [0.05, 0.1) is 32.3 Å². The molecule has 544 valence electrons. The van der Waals surface area contributed by atoms with Crippen molar-refractivity contribution in [1.29, 1.82) is 0 Å². The molecule has 8 aromatic rings. The molecular formula is C92H144N4Si4+4. The average Bonchev–Trinajstić information content (AvgIpc) is 0.784. The van der Waals surface area contributed by atoms with E-state index >= 15 is 0 Å². The van der Waals surface area contributed by atoms with Crippen molar-refractivity contribution in [2.45, 2.75) is 266 Å². The normalized spacial score (nSPS) is 12.5. The number of benzene rings is 4. The number of hydrogen-bond acceptors (Lipinski definition) is 0. The van der Waals surface area contributed by atoms with Gasteiger partial charge in [0.25, 0.3) is 0 Å². The summed E-state index contributed by atoms with van der Waals surface area (Å²) in [5.74, 6) is 3.31. The molecule has 4 nitrogen and oxygen atoms in total. The van der Waals surface area contributed by atoms with Gasteiger partial charge in [0.15, 0.2) is 24.8 Å². The van der Waals surface area contributed by atoms with Crippen molar-refractivity contribution in [2.24, 2.45) is 51.9 Å². The molecule has 8 heteroatoms. The lowest BCUT2D eigenvalue weighted by atomic mass is 9.84. The third-order valence-corrected chi connectivity index (χ3v) is 28.0. The Hall–Kier alpha value is -5.65. The van der Waals surface area contributed by atoms with Crippen LogP contribution in [0.4, 0.5) is 0 Å². The maximum atomic E-state index is 2.51. The maximum Gasteiger partial charge on any atom is 0.212 e. The van der Waals surface area contributed by atoms with Crippen molar-refractivity contribution in [1.82, 2.24) is 0 Å². The molecule has 0 fully saturated rings. The van der Waals surface area contributed by atoms with Crippen molar-refractivity contribution in [3.05, 3.63) is 189 Å². The van der Waals surface area contributed by atoms with Crippen molar-refractivity contribution >= 4 is 53.0 Å². The molecule has 0 atom stereocenters. The molecule has 0 aliphatic rings. The fourth-order valence-electron chi connectivity index (χ4n) is 14.2. The Morgan fingerprint density at radius 1 is 0.320 bits per heavy atom. The molecule has 0 aliphatic carbocycles. The zero-order valence-corrected chi connectivity index (χ0v) is 75.1. The van der Waals surface area contributed by atoms with Crippen LogP contribution in [0.25, 0.3) is 45.0 Å². The number of aryl methyl sites for hydroxylation is 9. The van der Waals surface area contributed by atoms with Gasteiger partial charge in [-0.1, -0.05) is 243 Å². The van der Waals surface area contributed by atoms with Gasteiger partial charge in [-0.05, 0) is 185 Å². The van der Waals surface area contributed by atoms with Crippen LogP contribution in [0.5, 0.6) is 0 Å². The Balaban J connectivity index is 0.000000241. The molecule has 100 heavy (non-hydrogen) atoms. The van der Waals surface area contributed by atoms with Crippen LogP contribution in [-0.4, -0.2) is 32.3 Å². The Morgan fingerprint density at radius 2 is 0.660 bits per heavy atom. The van der Waals surface area contributed by atoms with Crippen LogP contribution in [-0.2, 0) is 64.7 Å². The summed E-state index contributed by atoms with van der Waals surface area (Å²) >= 11 is 0. The Morgan fingerprint density at radius 3 is 1.01 bits per heavy atom. The van der Waals surface area contributed by atoms with Crippen molar-refractivity contribution in [3.8, 4) is 45.0 Å². The van der Waals surface area contributed by atoms with Crippen molar-refractivity contribution < 1.29 is 18.3 Å². The lowest BCUT2D eigenvalue weighted by Crippen LogP contribution is -2.47. The third-order valence-electron chi connectivity index (χ3n) is 19.7. The molecule has 0 unspecified atom stereocenters. The smallest absolute Gasteiger partial charge is 0.201 e. The van der Waals surface area contributed by atoms with Gasteiger partial charge in [0, 0.05) is 68.8 Å². The highest BCUT2D eigenvalue weighted by Crippen LogP contribution is 2.32. The van der Waals surface area contributed by atoms with Crippen LogP contribution in [0.3, 0.4) is 0 Å². The van der Waals surface area contributed by atoms with E-state index in [1.54, 1.807) is 26.3 Å². The van der Waals surface area contributed by atoms with E-state index < -0.39 is 32.3 Å². The van der Waals surface area contributed by atoms with E-state index in [9.17, 15) is 0 Å². The number of hydrogen-bond donors (Lipinski definition) is 0. The number of rotatable bonds is 17. The lowest BCUT2D eigenvalue weighted by molar-refractivity contribution is -0.661. The second kappa shape index (κ2) is 33.9. The van der Waals surface area contributed by atoms with Gasteiger partial charge >= 0.3 is 0 Å². The minimum absolute atomic E-state index is 0.164. The summed E-state index contributed by atoms with van der Waals surface area (Å²) in [6.45, 7) is 77.5. The number of aromatic nitrogens is 4. The lowest BCUT2D eigenvalue weighted by Gasteiger charge is -2.28. The fourth-order valence-corrected chi connectivity index (χ4v) is 21.1. The molecule has 4 heterocycles. The minimum Gasteiger partial charge on any atom is -0.201 e. The van der Waals surface area contributed by atoms with E-state index in [1.807, 2.05) is 0 Å². The first-order chi connectivity index (χ1) is 45.7. The van der Waals surface area contributed by atoms with Crippen LogP contribution in [0.2, 0.25) is 78.6 Å². The van der Waals surface area contributed by atoms with E-state index in [0.29, 0.717) is 29.6 Å². The molecule has 4 aromatic heterocycles. The predicted molar refractivity (Wildman–Crippen MR) is 453 cm³/mol. The quantitative estimate of drug-likeness (QED) is 0.0638. The summed E-state index contributed by atoms with van der Waals surface area (Å²) in [6.07, 6.45) is 14.2. The number of pyridine rings is 4. The Bertz CT molecular complexity index is 4100. The highest BCUT2D eigenvalue weighted by atomic mass is 28.3. The molecule has 8 rings (SSSR count). The van der Waals surface area contributed by atoms with Gasteiger partial charge in [-0.15, -0.1) is 0 Å². The standard InChI is InChI=1S/2C24H38NSi.C23H36NSi.C21H32NSi/c1-17-14-18(23(2,3)4)12-13-19(17)21-15-22(26(9,10)11)20(16-25(21)8)24(5,6)7;1-17(2)12-20-11-10-19(5)22(14-20)23-15-24(26(7,8)9)21(13-18(3)4)16-25(23)6;1-16(2)12-20-15-24(6)22(14-23(20)25(7,8)9)21-13-19(17(3)4)11-10-18(21)5;1-15(2)11-18-14-22(5)20(13-21(18)23(6,7)8)19-12-16(3)9-10-17(19)4/h12-16H,1-11H3;10-11,14-18H,12-13H2,1-9H3;10-11,13-17H,12H2,1-9H3;9-10,12-15H,11H2,1-8H3/q4*+1. The van der Waals surface area contributed by atoms with E-state index in [-0.39, 0.29) is 10.8 Å². The van der Waals surface area contributed by atoms with Crippen LogP contribution >= 0.6 is 0 Å². The van der Waals surface area contributed by atoms with E-state index in [1.165, 1.54) is 125 Å². The first kappa shape index (κ1) is 85.0. The summed E-state index contributed by atoms with van der Waals surface area (Å²) in [4.78, 5) is 0. The third kappa shape index (κ3) is 23.2. The molecule has 0 amide bonds. The summed E-state index contributed by atoms with van der Waals surface area (Å²) in [7, 11) is 3.17. The van der Waals surface area contributed by atoms with Crippen molar-refractivity contribution in [3.63, 3.8) is 0 Å². The summed E-state index contributed by atoms with van der Waals surface area (Å²) < 4.78 is 9.34. The highest BCUT2D eigenvalue weighted by molar-refractivity contribution is 6.90. The van der Waals surface area contributed by atoms with Gasteiger partial charge in [-0.2, -0.15) is 0 Å². The zero-order chi connectivity index (χ0) is 76.0. The highest BCUT2D eigenvalue weighted by Gasteiger charge is 2.33. The van der Waals surface area contributed by atoms with E-state index in [0.717, 1.165) is 6.42 Å². The Kier molecular flexibility index (Phi) is 28.8. The first-order valence-electron chi connectivity index (χ1n) is 38.2. The van der Waals surface area contributed by atoms with Crippen molar-refractivity contribution in [2.75, 3.05) is 0 Å². The predicted octanol–water partition coefficient (Wildman–Crippen LogP) is 20.9. The van der Waals surface area contributed by atoms with Gasteiger partial charge < -0.3 is 0 Å². The molecule has 4 aromatic carbocycles. The zero-order valence-electron chi connectivity index (χ0n) is 71.1. The average molecular weight is 1420 g/mol. The van der Waals surface area contributed by atoms with E-state index in [4.69, 9.17) is 0 Å². The summed E-state index contributed by atoms with van der Waals surface area (Å²) in [6, 6.07) is 37.6. The largest absolute Gasteiger partial charge is 0.212 e. The monoisotopic (exact) mass is 1420 g/mol. The first-order valence-corrected chi connectivity index (χ1v) is 52.2. The van der Waals surface area contributed by atoms with Gasteiger partial charge in [-0.3, -0.25) is 0 Å². The molecule has 0 saturated heterocycles. The maximum absolute atomic E-state index is 2.51. The fraction of sp³-hybridized carbons (Fsp3) is 0.522. The molecule has 0 saturated carbocycles. The molecular weight excluding hydrogens is 1270 g/mol. The second-order valence-electron chi connectivity index (χ2n) is 38.3. The van der Waals surface area contributed by atoms with Gasteiger partial charge in [0.2, 0.25) is 22.8 Å². The van der Waals surface area contributed by atoms with E-state index in [2.05, 4.69) is 392 Å². The summed E-state index contributed by atoms with van der Waals surface area (Å²) in [5.41, 5.74) is 28.4. The topological polar surface area (TPSA) is 15.5 Å². The molecule has 0 spiro atoms. The summed E-state index contributed by atoms with van der Waals surface area (Å²) in [5, 5.41) is 6.43. The molecule has 0 aliphatic heterocycles. The minimum atomic E-state index is -1.45. The van der Waals surface area contributed by atoms with Crippen LogP contribution in [0, 0.1) is 58.3 Å². The van der Waals surface area contributed by atoms with Gasteiger partial charge in [-0.25, -0.2) is 18.3 Å². The molecule has 0 N–H and O–H groups in total. The van der Waals surface area contributed by atoms with Crippen LogP contribution < -0.4 is 39.0 Å². The number of nitrogens with zero attached hydrogens (tertiary/aromatic N) is 4. The molecule has 0 radical (unpaired) electrons. The molecule has 0 bridgehead atoms. The Labute approximate surface area is 619 Å². The van der Waals surface area contributed by atoms with Crippen LogP contribution in [0.15, 0.2) is 122 Å². The second-order valence-corrected chi connectivity index (χ2v) is 58.5. The van der Waals surface area contributed by atoms with Gasteiger partial charge in [0.1, 0.15) is 28.2 Å². The van der Waals surface area contributed by atoms with Crippen LogP contribution in [0.1, 0.15) is 183 Å².